The zero-order chi connectivity index (χ0) is 16.4. The Bertz CT molecular complexity index is 906. The van der Waals surface area contributed by atoms with Crippen molar-refractivity contribution in [2.75, 3.05) is 5.32 Å². The van der Waals surface area contributed by atoms with Crippen LogP contribution in [0.15, 0.2) is 49.4 Å². The smallest absolute Gasteiger partial charge is 0.247 e. The van der Waals surface area contributed by atoms with Crippen LogP contribution < -0.4 is 5.32 Å². The van der Waals surface area contributed by atoms with Gasteiger partial charge in [-0.15, -0.1) is 0 Å². The van der Waals surface area contributed by atoms with Gasteiger partial charge in [-0.25, -0.2) is 14.4 Å². The van der Waals surface area contributed by atoms with Crippen LogP contribution in [0.5, 0.6) is 0 Å². The maximum Gasteiger partial charge on any atom is 0.247 e. The molecule has 0 unspecified atom stereocenters. The van der Waals surface area contributed by atoms with E-state index in [0.717, 1.165) is 17.0 Å². The molecule has 0 radical (unpaired) electrons. The molecule has 116 valence electrons. The average molecular weight is 331 g/mol. The summed E-state index contributed by atoms with van der Waals surface area (Å²) in [4.78, 5) is 19.5. The van der Waals surface area contributed by atoms with E-state index in [2.05, 4.69) is 21.9 Å². The van der Waals surface area contributed by atoms with Gasteiger partial charge in [-0.05, 0) is 29.8 Å². The Morgan fingerprint density at radius 2 is 2.22 bits per heavy atom. The minimum Gasteiger partial charge on any atom is -0.328 e. The lowest BCUT2D eigenvalue weighted by Gasteiger charge is -2.09. The van der Waals surface area contributed by atoms with Crippen LogP contribution in [-0.4, -0.2) is 20.4 Å². The molecule has 7 heteroatoms. The van der Waals surface area contributed by atoms with Crippen LogP contribution in [0.1, 0.15) is 5.56 Å². The Labute approximate surface area is 136 Å². The van der Waals surface area contributed by atoms with E-state index in [9.17, 15) is 9.18 Å². The van der Waals surface area contributed by atoms with E-state index in [0.29, 0.717) is 17.3 Å². The van der Waals surface area contributed by atoms with Crippen LogP contribution in [0.4, 0.5) is 10.1 Å². The minimum atomic E-state index is -0.508. The van der Waals surface area contributed by atoms with Crippen LogP contribution in [0.2, 0.25) is 5.15 Å². The lowest BCUT2D eigenvalue weighted by Crippen LogP contribution is -2.09. The van der Waals surface area contributed by atoms with Gasteiger partial charge in [0.2, 0.25) is 5.91 Å². The third kappa shape index (κ3) is 3.07. The fourth-order valence-electron chi connectivity index (χ4n) is 2.25. The molecule has 1 N–H and O–H groups in total. The zero-order valence-electron chi connectivity index (χ0n) is 12.0. The first-order chi connectivity index (χ1) is 11.1. The summed E-state index contributed by atoms with van der Waals surface area (Å²) in [5.41, 5.74) is 1.60. The summed E-state index contributed by atoms with van der Waals surface area (Å²) >= 11 is 6.02. The molecule has 0 aliphatic carbocycles. The van der Waals surface area contributed by atoms with Gasteiger partial charge in [0.05, 0.1) is 11.1 Å². The highest BCUT2D eigenvalue weighted by atomic mass is 35.5. The van der Waals surface area contributed by atoms with E-state index in [4.69, 9.17) is 11.6 Å². The van der Waals surface area contributed by atoms with E-state index >= 15 is 0 Å². The third-order valence-corrected chi connectivity index (χ3v) is 3.64. The second-order valence-electron chi connectivity index (χ2n) is 4.85. The summed E-state index contributed by atoms with van der Waals surface area (Å²) in [6, 6.07) is 6.35. The van der Waals surface area contributed by atoms with Crippen molar-refractivity contribution in [1.29, 1.82) is 0 Å². The number of hydrogen-bond donors (Lipinski definition) is 1. The van der Waals surface area contributed by atoms with Gasteiger partial charge in [0.25, 0.3) is 0 Å². The average Bonchev–Trinajstić information content (AvgIpc) is 2.95. The number of halogens is 2. The van der Waals surface area contributed by atoms with Crippen molar-refractivity contribution in [3.8, 4) is 0 Å². The van der Waals surface area contributed by atoms with Crippen LogP contribution in [0, 0.1) is 5.82 Å². The number of aromatic nitrogens is 3. The van der Waals surface area contributed by atoms with E-state index in [1.807, 2.05) is 16.8 Å². The van der Waals surface area contributed by atoms with E-state index in [-0.39, 0.29) is 5.69 Å². The van der Waals surface area contributed by atoms with Crippen LogP contribution in [0.3, 0.4) is 0 Å². The number of carbonyl (C=O) groups is 1. The SMILES string of the molecule is C=CC(=O)Nc1cc(Cn2ccc3c(Cl)ncnc32)ccc1F. The van der Waals surface area contributed by atoms with E-state index in [1.165, 1.54) is 12.4 Å². The molecule has 0 saturated carbocycles. The number of nitrogens with zero attached hydrogens (tertiary/aromatic N) is 3. The minimum absolute atomic E-state index is 0.108. The van der Waals surface area contributed by atoms with E-state index < -0.39 is 11.7 Å². The van der Waals surface area contributed by atoms with Crippen molar-refractivity contribution >= 4 is 34.2 Å². The number of fused-ring (bicyclic) bond motifs is 1. The normalized spacial score (nSPS) is 10.7. The summed E-state index contributed by atoms with van der Waals surface area (Å²) in [6.45, 7) is 3.80. The molecule has 0 bridgehead atoms. The molecule has 3 rings (SSSR count). The Morgan fingerprint density at radius 1 is 1.39 bits per heavy atom. The van der Waals surface area contributed by atoms with E-state index in [1.54, 1.807) is 12.1 Å². The fourth-order valence-corrected chi connectivity index (χ4v) is 2.44. The molecule has 23 heavy (non-hydrogen) atoms. The molecule has 0 spiro atoms. The summed E-state index contributed by atoms with van der Waals surface area (Å²) in [5, 5.41) is 3.57. The lowest BCUT2D eigenvalue weighted by molar-refractivity contribution is -0.111. The lowest BCUT2D eigenvalue weighted by atomic mass is 10.2. The molecule has 0 aliphatic heterocycles. The van der Waals surface area contributed by atoms with Gasteiger partial charge in [-0.2, -0.15) is 0 Å². The molecule has 0 aliphatic rings. The Morgan fingerprint density at radius 3 is 3.00 bits per heavy atom. The fraction of sp³-hybridized carbons (Fsp3) is 0.0625. The number of benzene rings is 1. The monoisotopic (exact) mass is 330 g/mol. The second kappa shape index (κ2) is 6.18. The molecule has 0 saturated heterocycles. The summed E-state index contributed by atoms with van der Waals surface area (Å²) < 4.78 is 15.6. The quantitative estimate of drug-likeness (QED) is 0.589. The maximum atomic E-state index is 13.8. The van der Waals surface area contributed by atoms with Crippen LogP contribution in [-0.2, 0) is 11.3 Å². The first kappa shape index (κ1) is 15.2. The Balaban J connectivity index is 1.93. The largest absolute Gasteiger partial charge is 0.328 e. The first-order valence-corrected chi connectivity index (χ1v) is 7.13. The zero-order valence-corrected chi connectivity index (χ0v) is 12.7. The number of rotatable bonds is 4. The van der Waals surface area contributed by atoms with Gasteiger partial charge >= 0.3 is 0 Å². The third-order valence-electron chi connectivity index (χ3n) is 3.33. The molecule has 3 aromatic rings. The summed E-state index contributed by atoms with van der Waals surface area (Å²) in [6.07, 6.45) is 4.31. The molecule has 1 amide bonds. The molecular weight excluding hydrogens is 319 g/mol. The van der Waals surface area contributed by atoms with Gasteiger partial charge in [0.1, 0.15) is 22.9 Å². The maximum absolute atomic E-state index is 13.8. The second-order valence-corrected chi connectivity index (χ2v) is 5.21. The van der Waals surface area contributed by atoms with Crippen molar-refractivity contribution in [2.24, 2.45) is 0 Å². The standard InChI is InChI=1S/C16H12ClFN4O/c1-2-14(23)21-13-7-10(3-4-12(13)18)8-22-6-5-11-15(17)19-9-20-16(11)22/h2-7,9H,1,8H2,(H,21,23). The van der Waals surface area contributed by atoms with Crippen molar-refractivity contribution < 1.29 is 9.18 Å². The molecule has 0 atom stereocenters. The van der Waals surface area contributed by atoms with Crippen molar-refractivity contribution in [1.82, 2.24) is 14.5 Å². The number of hydrogen-bond acceptors (Lipinski definition) is 3. The number of amides is 1. The molecule has 0 fully saturated rings. The highest BCUT2D eigenvalue weighted by Gasteiger charge is 2.09. The molecule has 2 aromatic heterocycles. The van der Waals surface area contributed by atoms with Crippen LogP contribution >= 0.6 is 11.6 Å². The number of nitrogens with one attached hydrogen (secondary N) is 1. The highest BCUT2D eigenvalue weighted by molar-refractivity contribution is 6.33. The van der Waals surface area contributed by atoms with Crippen molar-refractivity contribution in [3.05, 3.63) is 66.0 Å². The highest BCUT2D eigenvalue weighted by Crippen LogP contribution is 2.22. The van der Waals surface area contributed by atoms with Gasteiger partial charge < -0.3 is 9.88 Å². The van der Waals surface area contributed by atoms with Gasteiger partial charge in [0.15, 0.2) is 0 Å². The summed E-state index contributed by atoms with van der Waals surface area (Å²) in [7, 11) is 0. The Kier molecular flexibility index (Phi) is 4.08. The topological polar surface area (TPSA) is 59.8 Å². The van der Waals surface area contributed by atoms with Gasteiger partial charge in [0, 0.05) is 12.7 Å². The first-order valence-electron chi connectivity index (χ1n) is 6.75. The molecule has 2 heterocycles. The number of anilines is 1. The predicted octanol–water partition coefficient (Wildman–Crippen LogP) is 3.40. The predicted molar refractivity (Wildman–Crippen MR) is 86.9 cm³/mol. The Hall–Kier alpha value is -2.73. The molecule has 5 nitrogen and oxygen atoms in total. The van der Waals surface area contributed by atoms with Crippen LogP contribution in [0.25, 0.3) is 11.0 Å². The molecular formula is C16H12ClFN4O. The van der Waals surface area contributed by atoms with Gasteiger partial charge in [-0.3, -0.25) is 4.79 Å². The summed E-state index contributed by atoms with van der Waals surface area (Å²) in [5.74, 6) is -0.973. The van der Waals surface area contributed by atoms with Gasteiger partial charge in [-0.1, -0.05) is 24.2 Å². The van der Waals surface area contributed by atoms with Crippen molar-refractivity contribution in [3.63, 3.8) is 0 Å². The molecule has 1 aromatic carbocycles. The number of carbonyl (C=O) groups excluding carboxylic acids is 1. The van der Waals surface area contributed by atoms with Crippen molar-refractivity contribution in [2.45, 2.75) is 6.54 Å².